The fraction of sp³-hybridized carbons (Fsp3) is 0.333. The number of pyridine rings is 1. The minimum Gasteiger partial charge on any atom is -0.478 e. The number of ether oxygens (including phenoxy) is 2. The first-order valence-corrected chi connectivity index (χ1v) is 13.6. The third-order valence-electron chi connectivity index (χ3n) is 7.69. The molecule has 1 aliphatic rings. The van der Waals surface area contributed by atoms with Crippen LogP contribution in [0.3, 0.4) is 0 Å². The monoisotopic (exact) mass is 558 g/mol. The summed E-state index contributed by atoms with van der Waals surface area (Å²) in [6.45, 7) is 3.60. The van der Waals surface area contributed by atoms with Crippen LogP contribution in [0, 0.1) is 5.82 Å². The second kappa shape index (κ2) is 11.6. The van der Waals surface area contributed by atoms with Crippen molar-refractivity contribution < 1.29 is 23.8 Å². The fourth-order valence-corrected chi connectivity index (χ4v) is 5.46. The number of H-pyrrole nitrogens is 1. The van der Waals surface area contributed by atoms with Crippen molar-refractivity contribution in [1.29, 1.82) is 0 Å². The summed E-state index contributed by atoms with van der Waals surface area (Å²) in [4.78, 5) is 23.5. The van der Waals surface area contributed by atoms with Gasteiger partial charge in [0.25, 0.3) is 0 Å². The molecule has 2 aromatic carbocycles. The van der Waals surface area contributed by atoms with E-state index >= 15 is 0 Å². The van der Waals surface area contributed by atoms with E-state index in [2.05, 4.69) is 19.7 Å². The minimum atomic E-state index is -0.957. The van der Waals surface area contributed by atoms with E-state index in [1.54, 1.807) is 43.6 Å². The number of fused-ring (bicyclic) bond motifs is 2. The first-order valence-electron chi connectivity index (χ1n) is 13.6. The lowest BCUT2D eigenvalue weighted by Gasteiger charge is -2.31. The van der Waals surface area contributed by atoms with Crippen LogP contribution in [0.4, 0.5) is 4.39 Å². The van der Waals surface area contributed by atoms with E-state index in [-0.39, 0.29) is 18.0 Å². The van der Waals surface area contributed by atoms with Crippen LogP contribution in [-0.2, 0) is 24.4 Å². The van der Waals surface area contributed by atoms with E-state index in [1.807, 2.05) is 12.1 Å². The number of carboxylic acid groups (broad SMARTS) is 1. The summed E-state index contributed by atoms with van der Waals surface area (Å²) in [5.41, 5.74) is 3.90. The molecule has 0 saturated carbocycles. The third kappa shape index (κ3) is 5.77. The maximum absolute atomic E-state index is 14.5. The van der Waals surface area contributed by atoms with Gasteiger partial charge in [0.2, 0.25) is 5.88 Å². The number of benzene rings is 2. The first-order chi connectivity index (χ1) is 20.0. The number of carboxylic acids is 1. The summed E-state index contributed by atoms with van der Waals surface area (Å²) >= 11 is 0. The number of aromatic nitrogens is 5. The van der Waals surface area contributed by atoms with Crippen LogP contribution in [0.5, 0.6) is 5.88 Å². The van der Waals surface area contributed by atoms with Gasteiger partial charge in [-0.25, -0.2) is 19.2 Å². The minimum absolute atomic E-state index is 0.0832. The van der Waals surface area contributed by atoms with Crippen molar-refractivity contribution in [2.24, 2.45) is 0 Å². The smallest absolute Gasteiger partial charge is 0.335 e. The Kier molecular flexibility index (Phi) is 7.62. The van der Waals surface area contributed by atoms with Crippen LogP contribution in [0.2, 0.25) is 0 Å². The molecule has 6 rings (SSSR count). The second-order valence-electron chi connectivity index (χ2n) is 10.3. The molecule has 0 bridgehead atoms. The number of likely N-dealkylation sites (tertiary alicyclic amines) is 1. The third-order valence-corrected chi connectivity index (χ3v) is 7.69. The van der Waals surface area contributed by atoms with Crippen molar-refractivity contribution in [2.75, 3.05) is 26.8 Å². The van der Waals surface area contributed by atoms with Crippen LogP contribution in [0.25, 0.3) is 21.9 Å². The molecule has 0 unspecified atom stereocenters. The molecule has 1 fully saturated rings. The Labute approximate surface area is 235 Å². The van der Waals surface area contributed by atoms with E-state index in [0.717, 1.165) is 53.9 Å². The predicted molar refractivity (Wildman–Crippen MR) is 150 cm³/mol. The normalized spacial score (nSPS) is 14.7. The van der Waals surface area contributed by atoms with Crippen LogP contribution < -0.4 is 4.74 Å². The maximum atomic E-state index is 14.5. The number of rotatable bonds is 10. The van der Waals surface area contributed by atoms with E-state index in [0.29, 0.717) is 42.6 Å². The Morgan fingerprint density at radius 1 is 1.15 bits per heavy atom. The van der Waals surface area contributed by atoms with Crippen molar-refractivity contribution in [3.05, 3.63) is 83.2 Å². The van der Waals surface area contributed by atoms with Crippen molar-refractivity contribution in [3.8, 4) is 5.88 Å². The quantitative estimate of drug-likeness (QED) is 0.252. The SMILES string of the molecule is COCCn1c(CN2CCC(c3cccc(OCc4cc5cn[nH]c5cc4F)n3)CC2)nc2ccc(C(=O)O)cc21. The molecule has 0 spiro atoms. The summed E-state index contributed by atoms with van der Waals surface area (Å²) in [7, 11) is 1.65. The number of imidazole rings is 1. The van der Waals surface area contributed by atoms with Gasteiger partial charge in [-0.2, -0.15) is 5.10 Å². The highest BCUT2D eigenvalue weighted by molar-refractivity contribution is 5.92. The molecule has 0 amide bonds. The van der Waals surface area contributed by atoms with Gasteiger partial charge in [0.15, 0.2) is 0 Å². The van der Waals surface area contributed by atoms with Gasteiger partial charge in [0.05, 0.1) is 41.5 Å². The second-order valence-corrected chi connectivity index (χ2v) is 10.3. The zero-order chi connectivity index (χ0) is 28.3. The van der Waals surface area contributed by atoms with Crippen LogP contribution in [0.15, 0.2) is 54.7 Å². The molecule has 11 heteroatoms. The van der Waals surface area contributed by atoms with E-state index in [9.17, 15) is 14.3 Å². The molecule has 5 aromatic rings. The largest absolute Gasteiger partial charge is 0.478 e. The van der Waals surface area contributed by atoms with Gasteiger partial charge < -0.3 is 19.1 Å². The van der Waals surface area contributed by atoms with Crippen molar-refractivity contribution in [3.63, 3.8) is 0 Å². The zero-order valence-electron chi connectivity index (χ0n) is 22.7. The number of hydrogen-bond donors (Lipinski definition) is 2. The highest BCUT2D eigenvalue weighted by Gasteiger charge is 2.24. The molecule has 0 radical (unpaired) electrons. The summed E-state index contributed by atoms with van der Waals surface area (Å²) in [5, 5.41) is 17.0. The van der Waals surface area contributed by atoms with Crippen molar-refractivity contribution in [2.45, 2.75) is 38.5 Å². The molecule has 0 atom stereocenters. The average molecular weight is 559 g/mol. The molecule has 0 aliphatic carbocycles. The van der Waals surface area contributed by atoms with Crippen LogP contribution in [-0.4, -0.2) is 67.5 Å². The highest BCUT2D eigenvalue weighted by atomic mass is 19.1. The van der Waals surface area contributed by atoms with Gasteiger partial charge in [-0.15, -0.1) is 0 Å². The summed E-state index contributed by atoms with van der Waals surface area (Å²) < 4.78 is 27.7. The molecule has 4 heterocycles. The molecule has 2 N–H and O–H groups in total. The lowest BCUT2D eigenvalue weighted by Crippen LogP contribution is -2.33. The summed E-state index contributed by atoms with van der Waals surface area (Å²) in [6, 6.07) is 14.0. The maximum Gasteiger partial charge on any atom is 0.335 e. The fourth-order valence-electron chi connectivity index (χ4n) is 5.46. The Bertz CT molecular complexity index is 1690. The number of piperidine rings is 1. The van der Waals surface area contributed by atoms with Gasteiger partial charge in [-0.3, -0.25) is 10.00 Å². The summed E-state index contributed by atoms with van der Waals surface area (Å²) in [6.07, 6.45) is 3.53. The molecular weight excluding hydrogens is 527 g/mol. The lowest BCUT2D eigenvalue weighted by atomic mass is 9.93. The number of methoxy groups -OCH3 is 1. The van der Waals surface area contributed by atoms with Crippen LogP contribution in [0.1, 0.15) is 46.2 Å². The Morgan fingerprint density at radius 2 is 2.00 bits per heavy atom. The molecule has 3 aromatic heterocycles. The molecule has 212 valence electrons. The zero-order valence-corrected chi connectivity index (χ0v) is 22.7. The van der Waals surface area contributed by atoms with E-state index in [4.69, 9.17) is 19.4 Å². The summed E-state index contributed by atoms with van der Waals surface area (Å²) in [5.74, 6) is 0.361. The Morgan fingerprint density at radius 3 is 2.80 bits per heavy atom. The first kappa shape index (κ1) is 26.9. The number of aromatic carboxylic acids is 1. The van der Waals surface area contributed by atoms with Crippen LogP contribution >= 0.6 is 0 Å². The highest BCUT2D eigenvalue weighted by Crippen LogP contribution is 2.29. The topological polar surface area (TPSA) is 118 Å². The van der Waals surface area contributed by atoms with Gasteiger partial charge in [0, 0.05) is 42.3 Å². The molecule has 1 saturated heterocycles. The van der Waals surface area contributed by atoms with Gasteiger partial charge >= 0.3 is 5.97 Å². The Balaban J connectivity index is 1.10. The Hall–Kier alpha value is -4.35. The van der Waals surface area contributed by atoms with Gasteiger partial charge in [-0.1, -0.05) is 6.07 Å². The van der Waals surface area contributed by atoms with E-state index < -0.39 is 5.97 Å². The predicted octanol–water partition coefficient (Wildman–Crippen LogP) is 4.75. The number of hydrogen-bond acceptors (Lipinski definition) is 7. The van der Waals surface area contributed by atoms with Crippen molar-refractivity contribution >= 4 is 27.9 Å². The lowest BCUT2D eigenvalue weighted by molar-refractivity contribution is 0.0697. The molecule has 1 aliphatic heterocycles. The van der Waals surface area contributed by atoms with Gasteiger partial charge in [-0.05, 0) is 62.3 Å². The molecular formula is C30H31FN6O4. The molecule has 10 nitrogen and oxygen atoms in total. The number of carbonyl (C=O) groups is 1. The van der Waals surface area contributed by atoms with Gasteiger partial charge in [0.1, 0.15) is 18.2 Å². The van der Waals surface area contributed by atoms with Crippen molar-refractivity contribution in [1.82, 2.24) is 29.6 Å². The van der Waals surface area contributed by atoms with E-state index in [1.165, 1.54) is 6.07 Å². The molecule has 41 heavy (non-hydrogen) atoms. The standard InChI is InChI=1S/C30H31FN6O4/c1-40-12-11-37-27-14-20(30(38)39)5-6-25(27)33-28(37)17-36-9-7-19(8-10-36)24-3-2-4-29(34-24)41-18-22-13-21-16-32-35-26(21)15-23(22)31/h2-6,13-16,19H,7-12,17-18H2,1H3,(H,32,35)(H,38,39). The number of aromatic amines is 1. The number of nitrogens with one attached hydrogen (secondary N) is 1. The number of nitrogens with zero attached hydrogens (tertiary/aromatic N) is 5. The number of halogens is 1. The average Bonchev–Trinajstić information content (AvgIpc) is 3.58.